The average Bonchev–Trinajstić information content (AvgIpc) is 2.91. The van der Waals surface area contributed by atoms with Gasteiger partial charge >= 0.3 is 5.97 Å². The molecule has 21 heavy (non-hydrogen) atoms. The average molecular weight is 291 g/mol. The van der Waals surface area contributed by atoms with E-state index in [1.54, 1.807) is 0 Å². The van der Waals surface area contributed by atoms with Crippen molar-refractivity contribution in [3.63, 3.8) is 0 Å². The van der Waals surface area contributed by atoms with E-state index in [-0.39, 0.29) is 18.9 Å². The summed E-state index contributed by atoms with van der Waals surface area (Å²) < 4.78 is 5.70. The van der Waals surface area contributed by atoms with Crippen molar-refractivity contribution < 1.29 is 19.4 Å². The molecule has 1 aromatic carbocycles. The molecule has 0 bridgehead atoms. The standard InChI is InChI=1S/C16H21NO4/c1-11-5-3-6-12(2)15(11)21-10-8-14(18)17-9-4-7-13(17)16(19)20/h3,5-6,13H,4,7-10H2,1-2H3,(H,19,20)/t13-/m1/s1. The van der Waals surface area contributed by atoms with Crippen molar-refractivity contribution in [2.45, 2.75) is 39.2 Å². The van der Waals surface area contributed by atoms with Gasteiger partial charge in [-0.05, 0) is 37.8 Å². The lowest BCUT2D eigenvalue weighted by Crippen LogP contribution is -2.40. The first kappa shape index (κ1) is 15.4. The number of benzene rings is 1. The smallest absolute Gasteiger partial charge is 0.326 e. The molecule has 1 N–H and O–H groups in total. The Bertz CT molecular complexity index is 521. The van der Waals surface area contributed by atoms with Gasteiger partial charge in [0.2, 0.25) is 5.91 Å². The van der Waals surface area contributed by atoms with Gasteiger partial charge in [-0.1, -0.05) is 18.2 Å². The fourth-order valence-electron chi connectivity index (χ4n) is 2.73. The first-order chi connectivity index (χ1) is 10.0. The number of amides is 1. The van der Waals surface area contributed by atoms with E-state index in [1.165, 1.54) is 4.90 Å². The fraction of sp³-hybridized carbons (Fsp3) is 0.500. The van der Waals surface area contributed by atoms with Crippen LogP contribution in [-0.2, 0) is 9.59 Å². The van der Waals surface area contributed by atoms with Crippen LogP contribution in [0.15, 0.2) is 18.2 Å². The topological polar surface area (TPSA) is 66.8 Å². The van der Waals surface area contributed by atoms with Crippen LogP contribution in [0.2, 0.25) is 0 Å². The van der Waals surface area contributed by atoms with Crippen LogP contribution in [-0.4, -0.2) is 41.1 Å². The lowest BCUT2D eigenvalue weighted by Gasteiger charge is -2.21. The van der Waals surface area contributed by atoms with Gasteiger partial charge in [-0.25, -0.2) is 4.79 Å². The minimum atomic E-state index is -0.920. The molecule has 1 aromatic rings. The summed E-state index contributed by atoms with van der Waals surface area (Å²) >= 11 is 0. The van der Waals surface area contributed by atoms with Crippen LogP contribution in [0.4, 0.5) is 0 Å². The number of ether oxygens (including phenoxy) is 1. The number of carboxylic acid groups (broad SMARTS) is 1. The normalized spacial score (nSPS) is 17.8. The van der Waals surface area contributed by atoms with Crippen LogP contribution in [0, 0.1) is 13.8 Å². The molecule has 0 aliphatic carbocycles. The highest BCUT2D eigenvalue weighted by Gasteiger charge is 2.33. The fourth-order valence-corrected chi connectivity index (χ4v) is 2.73. The van der Waals surface area contributed by atoms with Crippen molar-refractivity contribution >= 4 is 11.9 Å². The summed E-state index contributed by atoms with van der Waals surface area (Å²) in [6, 6.07) is 5.22. The summed E-state index contributed by atoms with van der Waals surface area (Å²) in [7, 11) is 0. The maximum absolute atomic E-state index is 12.1. The van der Waals surface area contributed by atoms with Gasteiger partial charge in [0.1, 0.15) is 11.8 Å². The Kier molecular flexibility index (Phi) is 4.83. The first-order valence-corrected chi connectivity index (χ1v) is 7.22. The molecule has 1 atom stereocenters. The highest BCUT2D eigenvalue weighted by molar-refractivity contribution is 5.84. The Balaban J connectivity index is 1.89. The predicted molar refractivity (Wildman–Crippen MR) is 78.4 cm³/mol. The summed E-state index contributed by atoms with van der Waals surface area (Å²) in [5.74, 6) is -0.260. The third kappa shape index (κ3) is 3.54. The van der Waals surface area contributed by atoms with Crippen molar-refractivity contribution in [2.24, 2.45) is 0 Å². The number of aryl methyl sites for hydroxylation is 2. The van der Waals surface area contributed by atoms with Gasteiger partial charge in [-0.3, -0.25) is 4.79 Å². The van der Waals surface area contributed by atoms with Gasteiger partial charge in [0.15, 0.2) is 0 Å². The summed E-state index contributed by atoms with van der Waals surface area (Å²) in [6.07, 6.45) is 1.50. The zero-order valence-electron chi connectivity index (χ0n) is 12.5. The molecule has 0 saturated carbocycles. The largest absolute Gasteiger partial charge is 0.493 e. The molecule has 5 heteroatoms. The molecule has 2 rings (SSSR count). The second-order valence-corrected chi connectivity index (χ2v) is 5.40. The molecule has 114 valence electrons. The maximum atomic E-state index is 12.1. The van der Waals surface area contributed by atoms with E-state index in [4.69, 9.17) is 9.84 Å². The molecule has 1 fully saturated rings. The minimum Gasteiger partial charge on any atom is -0.493 e. The van der Waals surface area contributed by atoms with Crippen LogP contribution in [0.1, 0.15) is 30.4 Å². The molecule has 1 aliphatic heterocycles. The van der Waals surface area contributed by atoms with Gasteiger partial charge in [0, 0.05) is 6.54 Å². The van der Waals surface area contributed by atoms with Crippen molar-refractivity contribution in [2.75, 3.05) is 13.2 Å². The number of carbonyl (C=O) groups is 2. The first-order valence-electron chi connectivity index (χ1n) is 7.22. The van der Waals surface area contributed by atoms with Crippen LogP contribution < -0.4 is 4.74 Å². The number of carboxylic acids is 1. The zero-order chi connectivity index (χ0) is 15.4. The lowest BCUT2D eigenvalue weighted by molar-refractivity contribution is -0.148. The monoisotopic (exact) mass is 291 g/mol. The van der Waals surface area contributed by atoms with E-state index in [9.17, 15) is 9.59 Å². The van der Waals surface area contributed by atoms with Crippen LogP contribution in [0.25, 0.3) is 0 Å². The predicted octanol–water partition coefficient (Wildman–Crippen LogP) is 2.15. The molecule has 0 spiro atoms. The van der Waals surface area contributed by atoms with Gasteiger partial charge in [-0.15, -0.1) is 0 Å². The molecule has 0 aromatic heterocycles. The summed E-state index contributed by atoms with van der Waals surface area (Å²) in [5.41, 5.74) is 2.07. The third-order valence-electron chi connectivity index (χ3n) is 3.83. The Morgan fingerprint density at radius 3 is 2.62 bits per heavy atom. The second kappa shape index (κ2) is 6.61. The van der Waals surface area contributed by atoms with Crippen molar-refractivity contribution in [1.82, 2.24) is 4.90 Å². The molecular weight excluding hydrogens is 270 g/mol. The summed E-state index contributed by atoms with van der Waals surface area (Å²) in [4.78, 5) is 24.6. The van der Waals surface area contributed by atoms with Crippen molar-refractivity contribution in [1.29, 1.82) is 0 Å². The Morgan fingerprint density at radius 1 is 1.33 bits per heavy atom. The molecule has 5 nitrogen and oxygen atoms in total. The molecule has 1 amide bonds. The number of aliphatic carboxylic acids is 1. The molecule has 1 heterocycles. The van der Waals surface area contributed by atoms with Gasteiger partial charge in [0.05, 0.1) is 13.0 Å². The lowest BCUT2D eigenvalue weighted by atomic mass is 10.1. The Morgan fingerprint density at radius 2 is 2.00 bits per heavy atom. The third-order valence-corrected chi connectivity index (χ3v) is 3.83. The quantitative estimate of drug-likeness (QED) is 0.902. The number of para-hydroxylation sites is 1. The molecule has 1 aliphatic rings. The van der Waals surface area contributed by atoms with Gasteiger partial charge < -0.3 is 14.7 Å². The highest BCUT2D eigenvalue weighted by atomic mass is 16.5. The number of rotatable bonds is 5. The number of likely N-dealkylation sites (tertiary alicyclic amines) is 1. The van der Waals surface area contributed by atoms with Gasteiger partial charge in [0.25, 0.3) is 0 Å². The molecular formula is C16H21NO4. The zero-order valence-corrected chi connectivity index (χ0v) is 12.5. The van der Waals surface area contributed by atoms with E-state index in [0.717, 1.165) is 23.3 Å². The van der Waals surface area contributed by atoms with E-state index >= 15 is 0 Å². The molecule has 1 saturated heterocycles. The minimum absolute atomic E-state index is 0.147. The van der Waals surface area contributed by atoms with Crippen LogP contribution in [0.3, 0.4) is 0 Å². The van der Waals surface area contributed by atoms with Crippen LogP contribution in [0.5, 0.6) is 5.75 Å². The SMILES string of the molecule is Cc1cccc(C)c1OCCC(=O)N1CCC[C@@H]1C(=O)O. The van der Waals surface area contributed by atoms with Crippen LogP contribution >= 0.6 is 0 Å². The van der Waals surface area contributed by atoms with E-state index < -0.39 is 12.0 Å². The number of nitrogens with zero attached hydrogens (tertiary/aromatic N) is 1. The van der Waals surface area contributed by atoms with Crippen molar-refractivity contribution in [3.05, 3.63) is 29.3 Å². The van der Waals surface area contributed by atoms with Crippen molar-refractivity contribution in [3.8, 4) is 5.75 Å². The van der Waals surface area contributed by atoms with E-state index in [2.05, 4.69) is 0 Å². The van der Waals surface area contributed by atoms with E-state index in [1.807, 2.05) is 32.0 Å². The van der Waals surface area contributed by atoms with E-state index in [0.29, 0.717) is 13.0 Å². The van der Waals surface area contributed by atoms with Gasteiger partial charge in [-0.2, -0.15) is 0 Å². The highest BCUT2D eigenvalue weighted by Crippen LogP contribution is 2.23. The number of carbonyl (C=O) groups excluding carboxylic acids is 1. The summed E-state index contributed by atoms with van der Waals surface area (Å²) in [5, 5.41) is 9.08. The number of hydrogen-bond donors (Lipinski definition) is 1. The number of hydrogen-bond acceptors (Lipinski definition) is 3. The molecule has 0 unspecified atom stereocenters. The molecule has 0 radical (unpaired) electrons. The summed E-state index contributed by atoms with van der Waals surface area (Å²) in [6.45, 7) is 4.72. The Hall–Kier alpha value is -2.04. The Labute approximate surface area is 124 Å². The second-order valence-electron chi connectivity index (χ2n) is 5.40. The maximum Gasteiger partial charge on any atom is 0.326 e.